The Labute approximate surface area is 175 Å². The first-order valence-corrected chi connectivity index (χ1v) is 11.5. The number of carbonyl (C=O) groups is 1. The minimum absolute atomic E-state index is 0.0331. The van der Waals surface area contributed by atoms with Crippen LogP contribution >= 0.6 is 11.3 Å². The van der Waals surface area contributed by atoms with Gasteiger partial charge in [0.25, 0.3) is 5.91 Å². The lowest BCUT2D eigenvalue weighted by atomic mass is 9.89. The largest absolute Gasteiger partial charge is 0.365 e. The normalized spacial score (nSPS) is 21.0. The second-order valence-electron chi connectivity index (χ2n) is 8.75. The molecule has 0 radical (unpaired) electrons. The van der Waals surface area contributed by atoms with Crippen molar-refractivity contribution in [3.8, 4) is 0 Å². The molecule has 1 aliphatic carbocycles. The van der Waals surface area contributed by atoms with Crippen molar-refractivity contribution in [3.05, 3.63) is 33.8 Å². The van der Waals surface area contributed by atoms with Gasteiger partial charge in [0.1, 0.15) is 17.1 Å². The number of hydrogen-bond acceptors (Lipinski definition) is 6. The van der Waals surface area contributed by atoms with E-state index in [-0.39, 0.29) is 11.5 Å². The van der Waals surface area contributed by atoms with Crippen molar-refractivity contribution in [2.75, 3.05) is 33.3 Å². The lowest BCUT2D eigenvalue weighted by Crippen LogP contribution is -2.50. The number of thiazole rings is 1. The number of nitrogens with zero attached hydrogens (tertiary/aromatic N) is 5. The average Bonchev–Trinajstić information content (AvgIpc) is 3.26. The minimum Gasteiger partial charge on any atom is -0.365 e. The number of piperidine rings is 1. The standard InChI is InChI=1S/C21H29N5O2S/c1-15-23-18(14-29-15)19(27)25-7-5-21(6-8-25)20-22-11-17(26(20)9-10-28-21)13-24(2)12-16-3-4-16/h11,14,16H,3-10,12-13H2,1-2H3. The molecule has 1 saturated carbocycles. The number of carbonyl (C=O) groups excluding carboxylic acids is 1. The van der Waals surface area contributed by atoms with Crippen molar-refractivity contribution in [1.82, 2.24) is 24.3 Å². The molecule has 1 amide bonds. The number of aryl methyl sites for hydroxylation is 1. The van der Waals surface area contributed by atoms with Crippen LogP contribution in [-0.4, -0.2) is 63.5 Å². The predicted octanol–water partition coefficient (Wildman–Crippen LogP) is 2.65. The molecule has 156 valence electrons. The Morgan fingerprint density at radius 1 is 1.34 bits per heavy atom. The summed E-state index contributed by atoms with van der Waals surface area (Å²) in [4.78, 5) is 26.2. The van der Waals surface area contributed by atoms with Crippen molar-refractivity contribution >= 4 is 17.2 Å². The van der Waals surface area contributed by atoms with E-state index in [9.17, 15) is 4.79 Å². The van der Waals surface area contributed by atoms with Crippen LogP contribution in [0.3, 0.4) is 0 Å². The molecule has 5 rings (SSSR count). The van der Waals surface area contributed by atoms with Crippen molar-refractivity contribution < 1.29 is 9.53 Å². The Bertz CT molecular complexity index is 895. The maximum absolute atomic E-state index is 12.8. The first kappa shape index (κ1) is 19.2. The number of likely N-dealkylation sites (tertiary alicyclic amines) is 1. The average molecular weight is 416 g/mol. The van der Waals surface area contributed by atoms with Crippen LogP contribution in [0.5, 0.6) is 0 Å². The van der Waals surface area contributed by atoms with Gasteiger partial charge in [0, 0.05) is 57.1 Å². The molecule has 2 aromatic rings. The second kappa shape index (κ2) is 7.49. The Hall–Kier alpha value is -1.77. The molecule has 0 N–H and O–H groups in total. The maximum atomic E-state index is 12.8. The third kappa shape index (κ3) is 3.73. The molecule has 1 saturated heterocycles. The molecule has 29 heavy (non-hydrogen) atoms. The first-order valence-electron chi connectivity index (χ1n) is 10.6. The van der Waals surface area contributed by atoms with Crippen molar-refractivity contribution in [2.45, 2.75) is 51.3 Å². The molecule has 0 unspecified atom stereocenters. The smallest absolute Gasteiger partial charge is 0.273 e. The van der Waals surface area contributed by atoms with E-state index in [1.807, 2.05) is 23.4 Å². The van der Waals surface area contributed by atoms with Gasteiger partial charge in [0.2, 0.25) is 0 Å². The SMILES string of the molecule is Cc1nc(C(=O)N2CCC3(CC2)OCCn2c(CN(C)CC4CC4)cnc23)cs1. The molecule has 0 aromatic carbocycles. The summed E-state index contributed by atoms with van der Waals surface area (Å²) in [5, 5.41) is 2.79. The molecule has 4 heterocycles. The highest BCUT2D eigenvalue weighted by molar-refractivity contribution is 7.09. The van der Waals surface area contributed by atoms with Gasteiger partial charge in [0.15, 0.2) is 0 Å². The van der Waals surface area contributed by atoms with E-state index in [2.05, 4.69) is 21.5 Å². The van der Waals surface area contributed by atoms with Crippen LogP contribution < -0.4 is 0 Å². The summed E-state index contributed by atoms with van der Waals surface area (Å²) < 4.78 is 8.68. The number of amides is 1. The zero-order valence-electron chi connectivity index (χ0n) is 17.3. The highest BCUT2D eigenvalue weighted by Gasteiger charge is 2.44. The number of ether oxygens (including phenoxy) is 1. The number of aromatic nitrogens is 3. The number of rotatable bonds is 5. The van der Waals surface area contributed by atoms with E-state index < -0.39 is 0 Å². The van der Waals surface area contributed by atoms with Gasteiger partial charge in [-0.3, -0.25) is 4.79 Å². The highest BCUT2D eigenvalue weighted by Crippen LogP contribution is 2.39. The fourth-order valence-electron chi connectivity index (χ4n) is 4.69. The van der Waals surface area contributed by atoms with Gasteiger partial charge in [-0.15, -0.1) is 11.3 Å². The highest BCUT2D eigenvalue weighted by atomic mass is 32.1. The van der Waals surface area contributed by atoms with Crippen LogP contribution in [0, 0.1) is 12.8 Å². The summed E-state index contributed by atoms with van der Waals surface area (Å²) in [6, 6.07) is 0. The molecule has 3 aliphatic rings. The molecule has 2 aromatic heterocycles. The third-order valence-electron chi connectivity index (χ3n) is 6.43. The zero-order valence-corrected chi connectivity index (χ0v) is 18.1. The van der Waals surface area contributed by atoms with Gasteiger partial charge in [-0.2, -0.15) is 0 Å². The molecule has 2 aliphatic heterocycles. The van der Waals surface area contributed by atoms with Crippen molar-refractivity contribution in [2.24, 2.45) is 5.92 Å². The molecular weight excluding hydrogens is 386 g/mol. The monoisotopic (exact) mass is 415 g/mol. The quantitative estimate of drug-likeness (QED) is 0.751. The third-order valence-corrected chi connectivity index (χ3v) is 7.21. The topological polar surface area (TPSA) is 63.5 Å². The van der Waals surface area contributed by atoms with Crippen LogP contribution in [0.1, 0.15) is 52.7 Å². The fourth-order valence-corrected chi connectivity index (χ4v) is 5.28. The summed E-state index contributed by atoms with van der Waals surface area (Å²) in [7, 11) is 2.21. The zero-order chi connectivity index (χ0) is 20.0. The van der Waals surface area contributed by atoms with Crippen LogP contribution in [0.4, 0.5) is 0 Å². The summed E-state index contributed by atoms with van der Waals surface area (Å²) in [6.45, 7) is 6.98. The van der Waals surface area contributed by atoms with E-state index in [0.717, 1.165) is 42.7 Å². The fraction of sp³-hybridized carbons (Fsp3) is 0.667. The van der Waals surface area contributed by atoms with Crippen LogP contribution in [0.2, 0.25) is 0 Å². The lowest BCUT2D eigenvalue weighted by molar-refractivity contribution is -0.112. The maximum Gasteiger partial charge on any atom is 0.273 e. The summed E-state index contributed by atoms with van der Waals surface area (Å²) in [5.41, 5.74) is 1.48. The molecule has 8 heteroatoms. The van der Waals surface area contributed by atoms with Gasteiger partial charge in [-0.25, -0.2) is 9.97 Å². The number of imidazole rings is 1. The van der Waals surface area contributed by atoms with Crippen LogP contribution in [0.15, 0.2) is 11.6 Å². The van der Waals surface area contributed by atoms with Crippen LogP contribution in [-0.2, 0) is 23.4 Å². The molecular formula is C21H29N5O2S. The number of fused-ring (bicyclic) bond motifs is 2. The Morgan fingerprint density at radius 2 is 2.14 bits per heavy atom. The lowest BCUT2D eigenvalue weighted by Gasteiger charge is -2.43. The number of hydrogen-bond donors (Lipinski definition) is 0. The van der Waals surface area contributed by atoms with Gasteiger partial charge < -0.3 is 19.1 Å². The molecule has 1 spiro atoms. The molecule has 2 fully saturated rings. The molecule has 0 atom stereocenters. The predicted molar refractivity (Wildman–Crippen MR) is 111 cm³/mol. The van der Waals surface area contributed by atoms with Gasteiger partial charge in [0.05, 0.1) is 17.3 Å². The van der Waals surface area contributed by atoms with E-state index in [1.54, 1.807) is 0 Å². The second-order valence-corrected chi connectivity index (χ2v) is 9.81. The summed E-state index contributed by atoms with van der Waals surface area (Å²) >= 11 is 1.52. The van der Waals surface area contributed by atoms with Crippen LogP contribution in [0.25, 0.3) is 0 Å². The van der Waals surface area contributed by atoms with Crippen molar-refractivity contribution in [3.63, 3.8) is 0 Å². The van der Waals surface area contributed by atoms with Gasteiger partial charge >= 0.3 is 0 Å². The van der Waals surface area contributed by atoms with Gasteiger partial charge in [-0.1, -0.05) is 0 Å². The minimum atomic E-state index is -0.361. The van der Waals surface area contributed by atoms with Crippen molar-refractivity contribution in [1.29, 1.82) is 0 Å². The van der Waals surface area contributed by atoms with Gasteiger partial charge in [-0.05, 0) is 32.7 Å². The van der Waals surface area contributed by atoms with E-state index in [1.165, 1.54) is 36.4 Å². The molecule has 0 bridgehead atoms. The van der Waals surface area contributed by atoms with E-state index in [4.69, 9.17) is 9.72 Å². The van der Waals surface area contributed by atoms with E-state index in [0.29, 0.717) is 25.4 Å². The van der Waals surface area contributed by atoms with E-state index >= 15 is 0 Å². The Morgan fingerprint density at radius 3 is 2.83 bits per heavy atom. The Balaban J connectivity index is 1.28. The summed E-state index contributed by atoms with van der Waals surface area (Å²) in [5.74, 6) is 1.97. The summed E-state index contributed by atoms with van der Waals surface area (Å²) in [6.07, 6.45) is 6.36. The Kier molecular flexibility index (Phi) is 4.96. The first-order chi connectivity index (χ1) is 14.0. The molecule has 7 nitrogen and oxygen atoms in total.